The Morgan fingerprint density at radius 3 is 2.94 bits per heavy atom. The van der Waals surface area contributed by atoms with Crippen molar-refractivity contribution in [2.75, 3.05) is 6.54 Å². The first-order chi connectivity index (χ1) is 7.96. The number of carbonyl (C=O) groups is 2. The smallest absolute Gasteiger partial charge is 0.230 e. The van der Waals surface area contributed by atoms with Gasteiger partial charge in [-0.25, -0.2) is 0 Å². The lowest BCUT2D eigenvalue weighted by Crippen LogP contribution is -2.45. The van der Waals surface area contributed by atoms with Gasteiger partial charge in [-0.3, -0.25) is 4.79 Å². The fraction of sp³-hybridized carbons (Fsp3) is 0.667. The largest absolute Gasteiger partial charge is 0.550 e. The van der Waals surface area contributed by atoms with E-state index in [0.717, 1.165) is 0 Å². The van der Waals surface area contributed by atoms with Gasteiger partial charge in [0.25, 0.3) is 0 Å². The van der Waals surface area contributed by atoms with E-state index in [4.69, 9.17) is 4.74 Å². The Kier molecular flexibility index (Phi) is 1.96. The second-order valence-electron chi connectivity index (χ2n) is 5.28. The minimum absolute atomic E-state index is 0.0564. The Balaban J connectivity index is 2.01. The van der Waals surface area contributed by atoms with Crippen molar-refractivity contribution >= 4 is 11.9 Å². The van der Waals surface area contributed by atoms with Crippen LogP contribution in [-0.4, -0.2) is 41.1 Å². The second kappa shape index (κ2) is 3.10. The Bertz CT molecular complexity index is 430. The van der Waals surface area contributed by atoms with Gasteiger partial charge in [0.1, 0.15) is 5.60 Å². The summed E-state index contributed by atoms with van der Waals surface area (Å²) >= 11 is 0. The summed E-state index contributed by atoms with van der Waals surface area (Å²) in [5, 5.41) is 11.2. The number of carboxylic acids is 1. The van der Waals surface area contributed by atoms with Gasteiger partial charge >= 0.3 is 0 Å². The lowest BCUT2D eigenvalue weighted by Gasteiger charge is -2.25. The van der Waals surface area contributed by atoms with E-state index in [9.17, 15) is 14.7 Å². The van der Waals surface area contributed by atoms with E-state index in [1.807, 2.05) is 19.9 Å². The molecule has 0 aromatic rings. The fourth-order valence-electron chi connectivity index (χ4n) is 3.23. The molecule has 3 rings (SSSR count). The molecule has 4 atom stereocenters. The van der Waals surface area contributed by atoms with Crippen LogP contribution < -0.4 is 5.11 Å². The third kappa shape index (κ3) is 1.17. The topological polar surface area (TPSA) is 69.7 Å². The number of aliphatic carboxylic acids is 1. The molecular weight excluding hydrogens is 222 g/mol. The third-order valence-corrected chi connectivity index (χ3v) is 4.03. The van der Waals surface area contributed by atoms with Crippen LogP contribution in [-0.2, 0) is 14.3 Å². The molecule has 92 valence electrons. The van der Waals surface area contributed by atoms with Crippen molar-refractivity contribution in [1.82, 2.24) is 4.90 Å². The average molecular weight is 236 g/mol. The SMILES string of the molecule is CC(C)N1C[C@@]23C=C[C@H](O2)[C@@H](C(=O)[O-])[C@H]3C1=O. The van der Waals surface area contributed by atoms with Crippen LogP contribution >= 0.6 is 0 Å². The predicted octanol–water partition coefficient (Wildman–Crippen LogP) is -1.07. The molecule has 3 aliphatic rings. The van der Waals surface area contributed by atoms with E-state index in [-0.39, 0.29) is 11.9 Å². The number of ether oxygens (including phenoxy) is 1. The molecule has 3 aliphatic heterocycles. The summed E-state index contributed by atoms with van der Waals surface area (Å²) in [6.45, 7) is 4.28. The first-order valence-corrected chi connectivity index (χ1v) is 5.85. The zero-order valence-electron chi connectivity index (χ0n) is 9.75. The molecule has 2 fully saturated rings. The number of hydrogen-bond acceptors (Lipinski definition) is 4. The van der Waals surface area contributed by atoms with Crippen molar-refractivity contribution in [1.29, 1.82) is 0 Å². The fourth-order valence-corrected chi connectivity index (χ4v) is 3.23. The molecule has 1 amide bonds. The summed E-state index contributed by atoms with van der Waals surface area (Å²) < 4.78 is 5.71. The van der Waals surface area contributed by atoms with E-state index in [1.54, 1.807) is 11.0 Å². The van der Waals surface area contributed by atoms with Crippen LogP contribution in [0, 0.1) is 11.8 Å². The quantitative estimate of drug-likeness (QED) is 0.572. The third-order valence-electron chi connectivity index (χ3n) is 4.03. The molecule has 1 spiro atoms. The summed E-state index contributed by atoms with van der Waals surface area (Å²) in [5.74, 6) is -2.76. The van der Waals surface area contributed by atoms with E-state index < -0.39 is 29.5 Å². The standard InChI is InChI=1S/C12H15NO4/c1-6(2)13-5-12-4-3-7(17-12)8(11(15)16)9(12)10(13)14/h3-4,6-9H,5H2,1-2H3,(H,15,16)/p-1/t7-,8+,9-,12+/m0/s1. The van der Waals surface area contributed by atoms with E-state index in [2.05, 4.69) is 0 Å². The zero-order valence-corrected chi connectivity index (χ0v) is 9.75. The summed E-state index contributed by atoms with van der Waals surface area (Å²) in [4.78, 5) is 25.1. The van der Waals surface area contributed by atoms with Gasteiger partial charge in [0, 0.05) is 17.9 Å². The number of carbonyl (C=O) groups excluding carboxylic acids is 2. The van der Waals surface area contributed by atoms with Gasteiger partial charge in [0.2, 0.25) is 5.91 Å². The Morgan fingerprint density at radius 2 is 2.35 bits per heavy atom. The van der Waals surface area contributed by atoms with Crippen LogP contribution in [0.4, 0.5) is 0 Å². The van der Waals surface area contributed by atoms with Crippen molar-refractivity contribution in [3.05, 3.63) is 12.2 Å². The number of amides is 1. The minimum atomic E-state index is -1.19. The van der Waals surface area contributed by atoms with E-state index >= 15 is 0 Å². The predicted molar refractivity (Wildman–Crippen MR) is 55.6 cm³/mol. The average Bonchev–Trinajstić information content (AvgIpc) is 2.86. The zero-order chi connectivity index (χ0) is 12.4. The van der Waals surface area contributed by atoms with Crippen LogP contribution in [0.3, 0.4) is 0 Å². The summed E-state index contributed by atoms with van der Waals surface area (Å²) in [6.07, 6.45) is 3.10. The molecule has 0 unspecified atom stereocenters. The van der Waals surface area contributed by atoms with Crippen LogP contribution in [0.5, 0.6) is 0 Å². The number of fused-ring (bicyclic) bond motifs is 1. The number of likely N-dealkylation sites (tertiary alicyclic amines) is 1. The molecule has 0 radical (unpaired) electrons. The summed E-state index contributed by atoms with van der Waals surface area (Å²) in [6, 6.07) is 0.0564. The highest BCUT2D eigenvalue weighted by molar-refractivity contribution is 5.90. The van der Waals surface area contributed by atoms with Gasteiger partial charge in [-0.2, -0.15) is 0 Å². The molecule has 0 aliphatic carbocycles. The van der Waals surface area contributed by atoms with Gasteiger partial charge in [-0.1, -0.05) is 12.2 Å². The van der Waals surface area contributed by atoms with Crippen molar-refractivity contribution < 1.29 is 19.4 Å². The van der Waals surface area contributed by atoms with Crippen molar-refractivity contribution in [3.8, 4) is 0 Å². The molecule has 5 nitrogen and oxygen atoms in total. The molecule has 0 aromatic carbocycles. The van der Waals surface area contributed by atoms with Gasteiger partial charge in [-0.05, 0) is 13.8 Å². The Labute approximate surface area is 99.0 Å². The highest BCUT2D eigenvalue weighted by atomic mass is 16.5. The molecule has 2 bridgehead atoms. The number of hydrogen-bond donors (Lipinski definition) is 0. The van der Waals surface area contributed by atoms with Crippen LogP contribution in [0.25, 0.3) is 0 Å². The van der Waals surface area contributed by atoms with Gasteiger partial charge in [-0.15, -0.1) is 0 Å². The number of carboxylic acid groups (broad SMARTS) is 1. The van der Waals surface area contributed by atoms with Crippen molar-refractivity contribution in [2.24, 2.45) is 11.8 Å². The maximum Gasteiger partial charge on any atom is 0.230 e. The molecule has 0 N–H and O–H groups in total. The second-order valence-corrected chi connectivity index (χ2v) is 5.28. The van der Waals surface area contributed by atoms with Gasteiger partial charge < -0.3 is 19.5 Å². The Hall–Kier alpha value is -1.36. The summed E-state index contributed by atoms with van der Waals surface area (Å²) in [7, 11) is 0. The molecule has 2 saturated heterocycles. The van der Waals surface area contributed by atoms with Crippen molar-refractivity contribution in [2.45, 2.75) is 31.6 Å². The Morgan fingerprint density at radius 1 is 1.65 bits per heavy atom. The number of rotatable bonds is 2. The molecule has 0 aromatic heterocycles. The first-order valence-electron chi connectivity index (χ1n) is 5.85. The molecule has 0 saturated carbocycles. The highest BCUT2D eigenvalue weighted by Crippen LogP contribution is 2.51. The van der Waals surface area contributed by atoms with Gasteiger partial charge in [0.15, 0.2) is 0 Å². The van der Waals surface area contributed by atoms with Crippen LogP contribution in [0.2, 0.25) is 0 Å². The highest BCUT2D eigenvalue weighted by Gasteiger charge is 2.65. The van der Waals surface area contributed by atoms with Crippen molar-refractivity contribution in [3.63, 3.8) is 0 Å². The van der Waals surface area contributed by atoms with Crippen LogP contribution in [0.15, 0.2) is 12.2 Å². The van der Waals surface area contributed by atoms with Crippen LogP contribution in [0.1, 0.15) is 13.8 Å². The molecular formula is C12H14NO4-. The summed E-state index contributed by atoms with van der Waals surface area (Å²) in [5.41, 5.74) is -0.725. The maximum absolute atomic E-state index is 12.2. The maximum atomic E-state index is 12.2. The molecule has 3 heterocycles. The minimum Gasteiger partial charge on any atom is -0.550 e. The monoisotopic (exact) mass is 236 g/mol. The van der Waals surface area contributed by atoms with Gasteiger partial charge in [0.05, 0.1) is 18.6 Å². The lowest BCUT2D eigenvalue weighted by atomic mass is 9.77. The molecule has 17 heavy (non-hydrogen) atoms. The van der Waals surface area contributed by atoms with E-state index in [0.29, 0.717) is 6.54 Å². The number of nitrogens with zero attached hydrogens (tertiary/aromatic N) is 1. The molecule has 5 heteroatoms. The van der Waals surface area contributed by atoms with E-state index in [1.165, 1.54) is 0 Å². The normalized spacial score (nSPS) is 42.6. The lowest BCUT2D eigenvalue weighted by molar-refractivity contribution is -0.313. The first kappa shape index (κ1) is 10.8.